The van der Waals surface area contributed by atoms with Crippen LogP contribution in [0.1, 0.15) is 35.3 Å². The lowest BCUT2D eigenvalue weighted by Crippen LogP contribution is -2.49. The van der Waals surface area contributed by atoms with Crippen LogP contribution in [0.5, 0.6) is 0 Å². The predicted molar refractivity (Wildman–Crippen MR) is 109 cm³/mol. The maximum absolute atomic E-state index is 12.7. The molecule has 8 heteroatoms. The van der Waals surface area contributed by atoms with Crippen molar-refractivity contribution in [2.24, 2.45) is 5.92 Å². The van der Waals surface area contributed by atoms with Gasteiger partial charge in [0.05, 0.1) is 22.7 Å². The number of nitrogens with one attached hydrogen (secondary N) is 2. The minimum atomic E-state index is -4.45. The van der Waals surface area contributed by atoms with E-state index in [9.17, 15) is 22.8 Å². The van der Waals surface area contributed by atoms with E-state index in [4.69, 9.17) is 11.6 Å². The number of rotatable bonds is 5. The van der Waals surface area contributed by atoms with Crippen LogP contribution in [0, 0.1) is 17.8 Å². The molecule has 0 heterocycles. The Balaban J connectivity index is 1.99. The van der Waals surface area contributed by atoms with E-state index in [1.165, 1.54) is 12.1 Å². The predicted octanol–water partition coefficient (Wildman–Crippen LogP) is 4.28. The third-order valence-corrected chi connectivity index (χ3v) is 4.46. The van der Waals surface area contributed by atoms with Crippen molar-refractivity contribution in [1.82, 2.24) is 10.6 Å². The van der Waals surface area contributed by atoms with Gasteiger partial charge in [-0.3, -0.25) is 9.59 Å². The quantitative estimate of drug-likeness (QED) is 0.687. The number of hydrogen-bond donors (Lipinski definition) is 2. The monoisotopic (exact) mass is 436 g/mol. The number of carbonyl (C=O) groups excluding carboxylic acids is 2. The Bertz CT molecular complexity index is 978. The molecule has 4 nitrogen and oxygen atoms in total. The molecule has 0 spiro atoms. The molecule has 0 unspecified atom stereocenters. The zero-order valence-corrected chi connectivity index (χ0v) is 17.1. The van der Waals surface area contributed by atoms with Crippen LogP contribution < -0.4 is 10.6 Å². The molecule has 2 aromatic carbocycles. The van der Waals surface area contributed by atoms with Crippen molar-refractivity contribution in [2.45, 2.75) is 26.1 Å². The summed E-state index contributed by atoms with van der Waals surface area (Å²) in [6.45, 7) is 3.46. The van der Waals surface area contributed by atoms with E-state index in [1.54, 1.807) is 38.1 Å². The number of hydrogen-bond acceptors (Lipinski definition) is 2. The molecule has 2 aromatic rings. The molecule has 0 aliphatic rings. The Labute approximate surface area is 177 Å². The van der Waals surface area contributed by atoms with Gasteiger partial charge in [-0.1, -0.05) is 55.5 Å². The van der Waals surface area contributed by atoms with E-state index < -0.39 is 29.6 Å². The topological polar surface area (TPSA) is 58.2 Å². The van der Waals surface area contributed by atoms with Gasteiger partial charge in [-0.25, -0.2) is 0 Å². The van der Waals surface area contributed by atoms with Crippen molar-refractivity contribution in [2.75, 3.05) is 6.54 Å². The van der Waals surface area contributed by atoms with Crippen LogP contribution >= 0.6 is 11.6 Å². The summed E-state index contributed by atoms with van der Waals surface area (Å²) in [6.07, 6.45) is -4.45. The van der Waals surface area contributed by atoms with Gasteiger partial charge in [-0.2, -0.15) is 13.2 Å². The molecular formula is C22H20ClF3N2O2. The molecule has 0 saturated carbocycles. The number of amides is 2. The van der Waals surface area contributed by atoms with Gasteiger partial charge < -0.3 is 10.6 Å². The van der Waals surface area contributed by atoms with Gasteiger partial charge in [0.2, 0.25) is 5.91 Å². The Hall–Kier alpha value is -2.98. The Morgan fingerprint density at radius 3 is 2.43 bits per heavy atom. The smallest absolute Gasteiger partial charge is 0.343 e. The normalized spacial score (nSPS) is 12.0. The fourth-order valence-corrected chi connectivity index (χ4v) is 2.78. The molecular weight excluding hydrogens is 417 g/mol. The summed E-state index contributed by atoms with van der Waals surface area (Å²) in [7, 11) is 0. The highest BCUT2D eigenvalue weighted by molar-refractivity contribution is 6.33. The third-order valence-electron chi connectivity index (χ3n) is 4.13. The van der Waals surface area contributed by atoms with Gasteiger partial charge in [-0.05, 0) is 36.2 Å². The zero-order chi connectivity index (χ0) is 22.3. The van der Waals surface area contributed by atoms with Gasteiger partial charge in [0.25, 0.3) is 5.91 Å². The molecule has 0 radical (unpaired) electrons. The maximum Gasteiger partial charge on any atom is 0.416 e. The Kier molecular flexibility index (Phi) is 7.90. The van der Waals surface area contributed by atoms with Crippen LogP contribution in [-0.2, 0) is 11.0 Å². The van der Waals surface area contributed by atoms with Crippen LogP contribution in [0.3, 0.4) is 0 Å². The van der Waals surface area contributed by atoms with Gasteiger partial charge in [0, 0.05) is 5.56 Å². The van der Waals surface area contributed by atoms with E-state index in [0.717, 1.165) is 12.1 Å². The van der Waals surface area contributed by atoms with E-state index >= 15 is 0 Å². The first kappa shape index (κ1) is 23.3. The minimum absolute atomic E-state index is 0.0831. The molecule has 0 bridgehead atoms. The summed E-state index contributed by atoms with van der Waals surface area (Å²) in [5, 5.41) is 5.48. The largest absolute Gasteiger partial charge is 0.416 e. The third kappa shape index (κ3) is 6.53. The van der Waals surface area contributed by atoms with Gasteiger partial charge in [0.15, 0.2) is 0 Å². The maximum atomic E-state index is 12.7. The summed E-state index contributed by atoms with van der Waals surface area (Å²) >= 11 is 6.01. The average Bonchev–Trinajstić information content (AvgIpc) is 2.68. The second-order valence-corrected chi connectivity index (χ2v) is 7.18. The lowest BCUT2D eigenvalue weighted by molar-refractivity contribution is -0.137. The number of carbonyl (C=O) groups is 2. The highest BCUT2D eigenvalue weighted by atomic mass is 35.5. The van der Waals surface area contributed by atoms with Crippen LogP contribution in [-0.4, -0.2) is 24.4 Å². The summed E-state index contributed by atoms with van der Waals surface area (Å²) < 4.78 is 38.2. The number of halogens is 4. The zero-order valence-electron chi connectivity index (χ0n) is 16.3. The standard InChI is InChI=1S/C22H20ClF3N2O2/c1-14(2)19(28-20(29)17-10-3-4-11-18(17)23)21(30)27-12-6-8-15-7-5-9-16(13-15)22(24,25)26/h3-5,7,9-11,13-14,19H,12H2,1-2H3,(H,27,30)(H,28,29)/t19-/m0/s1. The summed E-state index contributed by atoms with van der Waals surface area (Å²) in [4.78, 5) is 24.9. The first-order chi connectivity index (χ1) is 14.1. The number of alkyl halides is 3. The Morgan fingerprint density at radius 1 is 1.10 bits per heavy atom. The van der Waals surface area contributed by atoms with Crippen molar-refractivity contribution < 1.29 is 22.8 Å². The van der Waals surface area contributed by atoms with Crippen molar-refractivity contribution in [3.05, 3.63) is 70.2 Å². The molecule has 2 rings (SSSR count). The average molecular weight is 437 g/mol. The SMILES string of the molecule is CC(C)[C@H](NC(=O)c1ccccc1Cl)C(=O)NCC#Cc1cccc(C(F)(F)F)c1. The molecule has 0 aromatic heterocycles. The van der Waals surface area contributed by atoms with Crippen molar-refractivity contribution in [1.29, 1.82) is 0 Å². The summed E-state index contributed by atoms with van der Waals surface area (Å²) in [6, 6.07) is 10.3. The molecule has 0 fully saturated rings. The highest BCUT2D eigenvalue weighted by Gasteiger charge is 2.30. The second kappa shape index (κ2) is 10.2. The van der Waals surface area contributed by atoms with Crippen molar-refractivity contribution in [3.63, 3.8) is 0 Å². The van der Waals surface area contributed by atoms with Gasteiger partial charge >= 0.3 is 6.18 Å². The van der Waals surface area contributed by atoms with E-state index in [1.807, 2.05) is 0 Å². The minimum Gasteiger partial charge on any atom is -0.343 e. The van der Waals surface area contributed by atoms with Crippen LogP contribution in [0.4, 0.5) is 13.2 Å². The van der Waals surface area contributed by atoms with E-state index in [0.29, 0.717) is 0 Å². The highest BCUT2D eigenvalue weighted by Crippen LogP contribution is 2.29. The van der Waals surface area contributed by atoms with Gasteiger partial charge in [0.1, 0.15) is 6.04 Å². The first-order valence-electron chi connectivity index (χ1n) is 9.09. The summed E-state index contributed by atoms with van der Waals surface area (Å²) in [5.41, 5.74) is -0.353. The molecule has 2 N–H and O–H groups in total. The van der Waals surface area contributed by atoms with E-state index in [2.05, 4.69) is 22.5 Å². The first-order valence-corrected chi connectivity index (χ1v) is 9.46. The van der Waals surface area contributed by atoms with Crippen LogP contribution in [0.25, 0.3) is 0 Å². The molecule has 30 heavy (non-hydrogen) atoms. The lowest BCUT2D eigenvalue weighted by atomic mass is 10.0. The fourth-order valence-electron chi connectivity index (χ4n) is 2.56. The molecule has 0 aliphatic heterocycles. The van der Waals surface area contributed by atoms with Crippen molar-refractivity contribution >= 4 is 23.4 Å². The fraction of sp³-hybridized carbons (Fsp3) is 0.273. The lowest BCUT2D eigenvalue weighted by Gasteiger charge is -2.21. The van der Waals surface area contributed by atoms with Crippen LogP contribution in [0.15, 0.2) is 48.5 Å². The van der Waals surface area contributed by atoms with E-state index in [-0.39, 0.29) is 28.6 Å². The van der Waals surface area contributed by atoms with Crippen LogP contribution in [0.2, 0.25) is 5.02 Å². The molecule has 2 amide bonds. The Morgan fingerprint density at radius 2 is 1.80 bits per heavy atom. The molecule has 1 atom stereocenters. The molecule has 0 aliphatic carbocycles. The number of benzene rings is 2. The van der Waals surface area contributed by atoms with Gasteiger partial charge in [-0.15, -0.1) is 0 Å². The molecule has 0 saturated heterocycles. The second-order valence-electron chi connectivity index (χ2n) is 6.77. The molecule has 158 valence electrons. The van der Waals surface area contributed by atoms with Crippen molar-refractivity contribution in [3.8, 4) is 11.8 Å². The summed E-state index contributed by atoms with van der Waals surface area (Å²) in [5.74, 6) is 4.05.